The minimum absolute atomic E-state index is 0.0373. The van der Waals surface area contributed by atoms with Gasteiger partial charge in [-0.3, -0.25) is 4.79 Å². The number of carbonyl (C=O) groups is 1. The number of amides is 1. The third-order valence-corrected chi connectivity index (χ3v) is 5.86. The summed E-state index contributed by atoms with van der Waals surface area (Å²) < 4.78 is 27.8. The normalized spacial score (nSPS) is 19.8. The van der Waals surface area contributed by atoms with E-state index in [1.165, 1.54) is 0 Å². The summed E-state index contributed by atoms with van der Waals surface area (Å²) in [4.78, 5) is 13.1. The minimum atomic E-state index is -3.71. The number of benzene rings is 1. The molecule has 1 heterocycles. The average molecular weight is 345 g/mol. The summed E-state index contributed by atoms with van der Waals surface area (Å²) in [6, 6.07) is 4.78. The van der Waals surface area contributed by atoms with Crippen molar-refractivity contribution in [3.8, 4) is 0 Å². The molecule has 1 fully saturated rings. The van der Waals surface area contributed by atoms with E-state index in [2.05, 4.69) is 4.72 Å². The first kappa shape index (κ1) is 17.2. The number of sulfonamides is 1. The smallest absolute Gasteiger partial charge is 0.242 e. The Labute approximate surface area is 136 Å². The van der Waals surface area contributed by atoms with E-state index >= 15 is 0 Å². The van der Waals surface area contributed by atoms with Gasteiger partial charge < -0.3 is 4.90 Å². The van der Waals surface area contributed by atoms with Gasteiger partial charge in [0, 0.05) is 26.1 Å². The average Bonchev–Trinajstić information content (AvgIpc) is 2.42. The first-order valence-corrected chi connectivity index (χ1v) is 9.12. The fourth-order valence-electron chi connectivity index (χ4n) is 2.48. The minimum Gasteiger partial charge on any atom is -0.344 e. The van der Waals surface area contributed by atoms with Gasteiger partial charge in [-0.25, -0.2) is 13.1 Å². The fraction of sp³-hybridized carbons (Fsp3) is 0.533. The second-order valence-corrected chi connectivity index (χ2v) is 8.07. The second-order valence-electron chi connectivity index (χ2n) is 5.98. The molecule has 1 amide bonds. The van der Waals surface area contributed by atoms with Gasteiger partial charge in [0.2, 0.25) is 15.9 Å². The summed E-state index contributed by atoms with van der Waals surface area (Å²) in [6.07, 6.45) is 0.855. The molecule has 0 unspecified atom stereocenters. The number of hydrogen-bond donors (Lipinski definition) is 1. The topological polar surface area (TPSA) is 66.5 Å². The molecule has 1 aliphatic heterocycles. The maximum absolute atomic E-state index is 12.6. The summed E-state index contributed by atoms with van der Waals surface area (Å²) in [6.45, 7) is 4.36. The molecule has 0 radical (unpaired) electrons. The monoisotopic (exact) mass is 344 g/mol. The molecule has 1 aromatic rings. The summed E-state index contributed by atoms with van der Waals surface area (Å²) in [5, 5.41) is 0.206. The first-order valence-electron chi connectivity index (χ1n) is 7.26. The van der Waals surface area contributed by atoms with Crippen LogP contribution in [0.4, 0.5) is 0 Å². The van der Waals surface area contributed by atoms with Gasteiger partial charge in [-0.05, 0) is 30.0 Å². The number of piperidine rings is 1. The molecule has 0 spiro atoms. The van der Waals surface area contributed by atoms with Crippen molar-refractivity contribution in [2.75, 3.05) is 13.6 Å². The van der Waals surface area contributed by atoms with Crippen LogP contribution >= 0.6 is 11.6 Å². The molecule has 1 N–H and O–H groups in total. The van der Waals surface area contributed by atoms with Gasteiger partial charge in [-0.15, -0.1) is 0 Å². The fourth-order valence-corrected chi connectivity index (χ4v) is 4.27. The van der Waals surface area contributed by atoms with Gasteiger partial charge in [-0.1, -0.05) is 31.5 Å². The Morgan fingerprint density at radius 1 is 1.36 bits per heavy atom. The highest BCUT2D eigenvalue weighted by molar-refractivity contribution is 7.89. The van der Waals surface area contributed by atoms with Crippen LogP contribution in [0.2, 0.25) is 5.02 Å². The number of nitrogens with zero attached hydrogens (tertiary/aromatic N) is 1. The predicted molar refractivity (Wildman–Crippen MR) is 86.5 cm³/mol. The van der Waals surface area contributed by atoms with Crippen LogP contribution in [0.3, 0.4) is 0 Å². The molecule has 1 aromatic carbocycles. The number of carbonyl (C=O) groups excluding carboxylic acids is 1. The quantitative estimate of drug-likeness (QED) is 0.911. The van der Waals surface area contributed by atoms with E-state index in [0.717, 1.165) is 5.56 Å². The van der Waals surface area contributed by atoms with E-state index in [9.17, 15) is 13.2 Å². The Hall–Kier alpha value is -1.11. The Kier molecular flexibility index (Phi) is 5.14. The molecule has 5 nitrogen and oxygen atoms in total. The van der Waals surface area contributed by atoms with E-state index in [1.54, 1.807) is 24.1 Å². The van der Waals surface area contributed by atoms with Crippen molar-refractivity contribution in [1.29, 1.82) is 0 Å². The molecule has 0 bridgehead atoms. The molecule has 22 heavy (non-hydrogen) atoms. The molecular formula is C15H21ClN2O3S. The maximum atomic E-state index is 12.6. The van der Waals surface area contributed by atoms with Gasteiger partial charge in [0.25, 0.3) is 0 Å². The highest BCUT2D eigenvalue weighted by Gasteiger charge is 2.28. The zero-order chi connectivity index (χ0) is 16.5. The van der Waals surface area contributed by atoms with Crippen molar-refractivity contribution < 1.29 is 13.2 Å². The van der Waals surface area contributed by atoms with E-state index < -0.39 is 10.0 Å². The molecule has 0 saturated carbocycles. The van der Waals surface area contributed by atoms with Gasteiger partial charge >= 0.3 is 0 Å². The third-order valence-electron chi connectivity index (χ3n) is 3.86. The largest absolute Gasteiger partial charge is 0.344 e. The molecule has 1 aliphatic rings. The summed E-state index contributed by atoms with van der Waals surface area (Å²) in [5.74, 6) is 0.250. The van der Waals surface area contributed by atoms with Gasteiger partial charge in [-0.2, -0.15) is 0 Å². The Morgan fingerprint density at radius 3 is 2.64 bits per heavy atom. The van der Waals surface area contributed by atoms with Crippen molar-refractivity contribution in [3.63, 3.8) is 0 Å². The lowest BCUT2D eigenvalue weighted by atomic mass is 10.0. The molecule has 2 rings (SSSR count). The van der Waals surface area contributed by atoms with E-state index in [0.29, 0.717) is 19.4 Å². The second kappa shape index (κ2) is 6.56. The molecule has 1 atom stereocenters. The van der Waals surface area contributed by atoms with E-state index in [-0.39, 0.29) is 27.8 Å². The number of rotatable bonds is 4. The van der Waals surface area contributed by atoms with E-state index in [4.69, 9.17) is 11.6 Å². The first-order chi connectivity index (χ1) is 10.2. The van der Waals surface area contributed by atoms with Gasteiger partial charge in [0.1, 0.15) is 4.90 Å². The Bertz CT molecular complexity index is 673. The summed E-state index contributed by atoms with van der Waals surface area (Å²) >= 11 is 6.07. The van der Waals surface area contributed by atoms with Crippen molar-refractivity contribution in [2.45, 2.75) is 43.5 Å². The summed E-state index contributed by atoms with van der Waals surface area (Å²) in [7, 11) is -2.03. The number of hydrogen-bond acceptors (Lipinski definition) is 3. The van der Waals surface area contributed by atoms with Crippen molar-refractivity contribution in [2.24, 2.45) is 0 Å². The highest BCUT2D eigenvalue weighted by atomic mass is 35.5. The SMILES string of the molecule is CC(C)c1ccc(Cl)c(S(=O)(=O)N[C@@H]2CCC(=O)N(C)C2)c1. The zero-order valence-corrected chi connectivity index (χ0v) is 14.5. The summed E-state index contributed by atoms with van der Waals surface area (Å²) in [5.41, 5.74) is 0.917. The molecule has 1 saturated heterocycles. The van der Waals surface area contributed by atoms with Crippen LogP contribution in [-0.4, -0.2) is 38.9 Å². The van der Waals surface area contributed by atoms with Crippen molar-refractivity contribution >= 4 is 27.5 Å². The van der Waals surface area contributed by atoms with Crippen molar-refractivity contribution in [3.05, 3.63) is 28.8 Å². The lowest BCUT2D eigenvalue weighted by molar-refractivity contribution is -0.132. The predicted octanol–water partition coefficient (Wildman–Crippen LogP) is 2.36. The van der Waals surface area contributed by atoms with Crippen LogP contribution in [0.25, 0.3) is 0 Å². The molecular weight excluding hydrogens is 324 g/mol. The standard InChI is InChI=1S/C15H21ClN2O3S/c1-10(2)11-4-6-13(16)14(8-11)22(20,21)17-12-5-7-15(19)18(3)9-12/h4,6,8,10,12,17H,5,7,9H2,1-3H3/t12-/m1/s1. The van der Waals surface area contributed by atoms with Crippen molar-refractivity contribution in [1.82, 2.24) is 9.62 Å². The Morgan fingerprint density at radius 2 is 2.05 bits per heavy atom. The third kappa shape index (κ3) is 3.80. The van der Waals surface area contributed by atoms with Crippen LogP contribution in [-0.2, 0) is 14.8 Å². The lowest BCUT2D eigenvalue weighted by Crippen LogP contribution is -2.48. The number of likely N-dealkylation sites (tertiary alicyclic amines) is 1. The van der Waals surface area contributed by atoms with E-state index in [1.807, 2.05) is 19.9 Å². The number of nitrogens with one attached hydrogen (secondary N) is 1. The zero-order valence-electron chi connectivity index (χ0n) is 13.0. The molecule has 0 aliphatic carbocycles. The van der Waals surface area contributed by atoms with Crippen LogP contribution in [0.1, 0.15) is 38.2 Å². The van der Waals surface area contributed by atoms with Gasteiger partial charge in [0.15, 0.2) is 0 Å². The van der Waals surface area contributed by atoms with Gasteiger partial charge in [0.05, 0.1) is 5.02 Å². The van der Waals surface area contributed by atoms with Crippen LogP contribution < -0.4 is 4.72 Å². The number of likely N-dealkylation sites (N-methyl/N-ethyl adjacent to an activating group) is 1. The lowest BCUT2D eigenvalue weighted by Gasteiger charge is -2.30. The maximum Gasteiger partial charge on any atom is 0.242 e. The highest BCUT2D eigenvalue weighted by Crippen LogP contribution is 2.26. The Balaban J connectivity index is 2.23. The molecule has 7 heteroatoms. The van der Waals surface area contributed by atoms with Crippen LogP contribution in [0, 0.1) is 0 Å². The van der Waals surface area contributed by atoms with Crippen LogP contribution in [0.5, 0.6) is 0 Å². The van der Waals surface area contributed by atoms with Crippen LogP contribution in [0.15, 0.2) is 23.1 Å². The molecule has 0 aromatic heterocycles. The molecule has 122 valence electrons. The number of halogens is 1.